The molecule has 0 aliphatic heterocycles. The molecule has 0 spiro atoms. The Morgan fingerprint density at radius 2 is 2.21 bits per heavy atom. The number of likely N-dealkylation sites (N-methyl/N-ethyl adjacent to an activating group) is 1. The number of carbonyl (C=O) groups is 1. The van der Waals surface area contributed by atoms with Gasteiger partial charge in [0.1, 0.15) is 0 Å². The molecule has 2 aromatic rings. The third kappa shape index (κ3) is 4.29. The third-order valence-corrected chi connectivity index (χ3v) is 4.07. The van der Waals surface area contributed by atoms with Gasteiger partial charge in [0.05, 0.1) is 3.79 Å². The molecular weight excluding hydrogens is 324 g/mol. The Morgan fingerprint density at radius 1 is 1.47 bits per heavy atom. The molecule has 1 amide bonds. The van der Waals surface area contributed by atoms with E-state index >= 15 is 0 Å². The lowest BCUT2D eigenvalue weighted by Gasteiger charge is -2.14. The Morgan fingerprint density at radius 3 is 2.84 bits per heavy atom. The molecular formula is C14H13BrN2OS. The van der Waals surface area contributed by atoms with Gasteiger partial charge in [0.15, 0.2) is 0 Å². The van der Waals surface area contributed by atoms with Crippen molar-refractivity contribution in [2.24, 2.45) is 0 Å². The predicted molar refractivity (Wildman–Crippen MR) is 81.8 cm³/mol. The van der Waals surface area contributed by atoms with Gasteiger partial charge in [-0.05, 0) is 56.7 Å². The van der Waals surface area contributed by atoms with E-state index < -0.39 is 0 Å². The van der Waals surface area contributed by atoms with Gasteiger partial charge in [-0.2, -0.15) is 0 Å². The zero-order valence-electron chi connectivity index (χ0n) is 10.4. The normalized spacial score (nSPS) is 10.8. The van der Waals surface area contributed by atoms with Crippen molar-refractivity contribution in [2.75, 3.05) is 7.05 Å². The van der Waals surface area contributed by atoms with Crippen molar-refractivity contribution in [1.82, 2.24) is 9.88 Å². The van der Waals surface area contributed by atoms with Gasteiger partial charge in [0.2, 0.25) is 5.91 Å². The molecule has 0 saturated heterocycles. The van der Waals surface area contributed by atoms with E-state index in [2.05, 4.69) is 20.9 Å². The number of hydrogen-bond donors (Lipinski definition) is 0. The van der Waals surface area contributed by atoms with Crippen LogP contribution in [0.2, 0.25) is 0 Å². The minimum atomic E-state index is -0.0147. The first-order valence-electron chi connectivity index (χ1n) is 5.71. The van der Waals surface area contributed by atoms with E-state index in [4.69, 9.17) is 0 Å². The number of hydrogen-bond acceptors (Lipinski definition) is 3. The molecule has 0 aliphatic carbocycles. The standard InChI is InChI=1S/C14H13BrN2OS/c1-17(9-11-4-6-16-7-5-11)14(18)3-2-12-8-13(15)19-10-12/h2-8,10H,9H2,1H3. The summed E-state index contributed by atoms with van der Waals surface area (Å²) in [7, 11) is 1.79. The highest BCUT2D eigenvalue weighted by Gasteiger charge is 2.05. The van der Waals surface area contributed by atoms with E-state index in [1.165, 1.54) is 0 Å². The molecule has 0 bridgehead atoms. The van der Waals surface area contributed by atoms with Crippen LogP contribution in [0.4, 0.5) is 0 Å². The van der Waals surface area contributed by atoms with Crippen LogP contribution in [0.3, 0.4) is 0 Å². The smallest absolute Gasteiger partial charge is 0.246 e. The van der Waals surface area contributed by atoms with Crippen molar-refractivity contribution in [1.29, 1.82) is 0 Å². The fourth-order valence-electron chi connectivity index (χ4n) is 1.55. The van der Waals surface area contributed by atoms with Gasteiger partial charge in [-0.25, -0.2) is 0 Å². The average Bonchev–Trinajstić information content (AvgIpc) is 2.83. The Kier molecular flexibility index (Phi) is 4.87. The number of aromatic nitrogens is 1. The lowest BCUT2D eigenvalue weighted by atomic mass is 10.2. The Bertz CT molecular complexity index is 580. The van der Waals surface area contributed by atoms with Crippen LogP contribution in [-0.4, -0.2) is 22.8 Å². The lowest BCUT2D eigenvalue weighted by molar-refractivity contribution is -0.125. The van der Waals surface area contributed by atoms with E-state index in [-0.39, 0.29) is 5.91 Å². The van der Waals surface area contributed by atoms with Crippen LogP contribution >= 0.6 is 27.3 Å². The van der Waals surface area contributed by atoms with Crippen LogP contribution in [0, 0.1) is 0 Å². The number of halogens is 1. The second-order valence-electron chi connectivity index (χ2n) is 4.07. The Labute approximate surface area is 124 Å². The Hall–Kier alpha value is -1.46. The first-order valence-corrected chi connectivity index (χ1v) is 7.38. The highest BCUT2D eigenvalue weighted by Crippen LogP contribution is 2.21. The number of nitrogens with zero attached hydrogens (tertiary/aromatic N) is 2. The number of amides is 1. The average molecular weight is 337 g/mol. The lowest BCUT2D eigenvalue weighted by Crippen LogP contribution is -2.24. The molecule has 2 aromatic heterocycles. The van der Waals surface area contributed by atoms with Crippen molar-refractivity contribution in [3.63, 3.8) is 0 Å². The molecule has 0 aliphatic rings. The summed E-state index contributed by atoms with van der Waals surface area (Å²) in [5, 5.41) is 2.00. The number of thiophene rings is 1. The van der Waals surface area contributed by atoms with Gasteiger partial charge in [-0.15, -0.1) is 11.3 Å². The molecule has 0 N–H and O–H groups in total. The van der Waals surface area contributed by atoms with E-state index in [1.54, 1.807) is 41.8 Å². The van der Waals surface area contributed by atoms with Gasteiger partial charge in [0.25, 0.3) is 0 Å². The third-order valence-electron chi connectivity index (χ3n) is 2.55. The summed E-state index contributed by atoms with van der Waals surface area (Å²) < 4.78 is 1.06. The molecule has 0 saturated carbocycles. The van der Waals surface area contributed by atoms with E-state index in [0.717, 1.165) is 14.9 Å². The first-order chi connectivity index (χ1) is 9.15. The van der Waals surface area contributed by atoms with E-state index in [9.17, 15) is 4.79 Å². The van der Waals surface area contributed by atoms with E-state index in [0.29, 0.717) is 6.54 Å². The SMILES string of the molecule is CN(Cc1ccncc1)C(=O)C=Cc1csc(Br)c1. The first kappa shape index (κ1) is 14.0. The van der Waals surface area contributed by atoms with Crippen LogP contribution in [0.25, 0.3) is 6.08 Å². The van der Waals surface area contributed by atoms with Crippen LogP contribution in [0.5, 0.6) is 0 Å². The number of pyridine rings is 1. The van der Waals surface area contributed by atoms with Crippen LogP contribution in [0.1, 0.15) is 11.1 Å². The summed E-state index contributed by atoms with van der Waals surface area (Å²) in [4.78, 5) is 17.6. The van der Waals surface area contributed by atoms with Crippen molar-refractivity contribution < 1.29 is 4.79 Å². The second kappa shape index (κ2) is 6.63. The molecule has 19 heavy (non-hydrogen) atoms. The molecule has 98 valence electrons. The largest absolute Gasteiger partial charge is 0.338 e. The summed E-state index contributed by atoms with van der Waals surface area (Å²) in [5.41, 5.74) is 2.10. The van der Waals surface area contributed by atoms with Gasteiger partial charge >= 0.3 is 0 Å². The van der Waals surface area contributed by atoms with Crippen molar-refractivity contribution in [3.05, 3.63) is 57.0 Å². The predicted octanol–water partition coefficient (Wildman–Crippen LogP) is 3.58. The molecule has 5 heteroatoms. The summed E-state index contributed by atoms with van der Waals surface area (Å²) in [6, 6.07) is 5.80. The van der Waals surface area contributed by atoms with E-state index in [1.807, 2.05) is 29.7 Å². The van der Waals surface area contributed by atoms with Crippen LogP contribution in [-0.2, 0) is 11.3 Å². The summed E-state index contributed by atoms with van der Waals surface area (Å²) in [6.07, 6.45) is 6.88. The monoisotopic (exact) mass is 336 g/mol. The highest BCUT2D eigenvalue weighted by molar-refractivity contribution is 9.11. The van der Waals surface area contributed by atoms with Gasteiger partial charge in [0, 0.05) is 32.1 Å². The maximum Gasteiger partial charge on any atom is 0.246 e. The van der Waals surface area contributed by atoms with Crippen LogP contribution in [0.15, 0.2) is 45.8 Å². The maximum absolute atomic E-state index is 11.9. The zero-order chi connectivity index (χ0) is 13.7. The quantitative estimate of drug-likeness (QED) is 0.799. The molecule has 2 heterocycles. The second-order valence-corrected chi connectivity index (χ2v) is 6.36. The Balaban J connectivity index is 1.94. The van der Waals surface area contributed by atoms with Crippen molar-refractivity contribution in [2.45, 2.75) is 6.54 Å². The number of rotatable bonds is 4. The highest BCUT2D eigenvalue weighted by atomic mass is 79.9. The van der Waals surface area contributed by atoms with Crippen molar-refractivity contribution in [3.8, 4) is 0 Å². The number of carbonyl (C=O) groups excluding carboxylic acids is 1. The molecule has 0 aromatic carbocycles. The molecule has 2 rings (SSSR count). The molecule has 0 fully saturated rings. The van der Waals surface area contributed by atoms with Gasteiger partial charge in [-0.3, -0.25) is 9.78 Å². The van der Waals surface area contributed by atoms with Gasteiger partial charge < -0.3 is 4.90 Å². The van der Waals surface area contributed by atoms with Crippen molar-refractivity contribution >= 4 is 39.2 Å². The topological polar surface area (TPSA) is 33.2 Å². The molecule has 3 nitrogen and oxygen atoms in total. The minimum Gasteiger partial charge on any atom is -0.338 e. The summed E-state index contributed by atoms with van der Waals surface area (Å²) in [5.74, 6) is -0.0147. The summed E-state index contributed by atoms with van der Waals surface area (Å²) in [6.45, 7) is 0.582. The summed E-state index contributed by atoms with van der Waals surface area (Å²) >= 11 is 5.00. The van der Waals surface area contributed by atoms with Crippen LogP contribution < -0.4 is 0 Å². The van der Waals surface area contributed by atoms with Gasteiger partial charge in [-0.1, -0.05) is 0 Å². The minimum absolute atomic E-state index is 0.0147. The molecule has 0 radical (unpaired) electrons. The molecule has 0 atom stereocenters. The maximum atomic E-state index is 11.9. The molecule has 0 unspecified atom stereocenters. The zero-order valence-corrected chi connectivity index (χ0v) is 12.8. The fraction of sp³-hybridized carbons (Fsp3) is 0.143. The fourth-order valence-corrected chi connectivity index (χ4v) is 2.69.